The second-order valence-electron chi connectivity index (χ2n) is 5.78. The van der Waals surface area contributed by atoms with Gasteiger partial charge in [-0.05, 0) is 5.41 Å². The average Bonchev–Trinajstić information content (AvgIpc) is 2.69. The number of carbonyl (C=O) groups excluding carboxylic acids is 1. The summed E-state index contributed by atoms with van der Waals surface area (Å²) in [6.45, 7) is 5.86. The number of hydrogen-bond donors (Lipinski definition) is 2. The number of carboxylic acids is 1. The van der Waals surface area contributed by atoms with Crippen LogP contribution in [0.5, 0.6) is 0 Å². The summed E-state index contributed by atoms with van der Waals surface area (Å²) in [4.78, 5) is 24.7. The molecule has 1 rings (SSSR count). The van der Waals surface area contributed by atoms with Crippen LogP contribution in [0.25, 0.3) is 0 Å². The maximum Gasteiger partial charge on any atom is 0.326 e. The summed E-state index contributed by atoms with van der Waals surface area (Å²) in [5.41, 5.74) is 5.50. The zero-order valence-electron chi connectivity index (χ0n) is 11.3. The van der Waals surface area contributed by atoms with Gasteiger partial charge in [0.1, 0.15) is 6.04 Å². The van der Waals surface area contributed by atoms with Crippen LogP contribution in [-0.2, 0) is 14.3 Å². The fourth-order valence-corrected chi connectivity index (χ4v) is 1.99. The van der Waals surface area contributed by atoms with Crippen molar-refractivity contribution >= 4 is 11.9 Å². The van der Waals surface area contributed by atoms with Gasteiger partial charge in [-0.1, -0.05) is 20.8 Å². The molecule has 3 N–H and O–H groups in total. The van der Waals surface area contributed by atoms with Crippen molar-refractivity contribution < 1.29 is 19.4 Å². The number of aliphatic carboxylic acids is 1. The van der Waals surface area contributed by atoms with E-state index in [1.54, 1.807) is 0 Å². The van der Waals surface area contributed by atoms with E-state index in [1.165, 1.54) is 12.0 Å². The second-order valence-corrected chi connectivity index (χ2v) is 5.78. The summed E-state index contributed by atoms with van der Waals surface area (Å²) in [5, 5.41) is 9.14. The molecule has 0 aromatic heterocycles. The molecule has 0 saturated carbocycles. The average molecular weight is 258 g/mol. The maximum atomic E-state index is 12.3. The van der Waals surface area contributed by atoms with Gasteiger partial charge in [0, 0.05) is 20.1 Å². The molecule has 0 radical (unpaired) electrons. The molecule has 1 heterocycles. The first-order valence-electron chi connectivity index (χ1n) is 6.00. The number of carboxylic acid groups (broad SMARTS) is 1. The van der Waals surface area contributed by atoms with Crippen LogP contribution >= 0.6 is 0 Å². The fourth-order valence-electron chi connectivity index (χ4n) is 1.99. The highest BCUT2D eigenvalue weighted by Gasteiger charge is 2.43. The number of carbonyl (C=O) groups is 2. The van der Waals surface area contributed by atoms with Crippen LogP contribution in [0.2, 0.25) is 0 Å². The zero-order chi connectivity index (χ0) is 14.1. The van der Waals surface area contributed by atoms with Gasteiger partial charge in [0.2, 0.25) is 5.91 Å². The summed E-state index contributed by atoms with van der Waals surface area (Å²) in [6.07, 6.45) is 0.0799. The summed E-state index contributed by atoms with van der Waals surface area (Å²) in [5.74, 6) is -1.33. The van der Waals surface area contributed by atoms with Gasteiger partial charge in [0.05, 0.1) is 12.1 Å². The minimum absolute atomic E-state index is 0.234. The molecule has 0 aromatic carbocycles. The second kappa shape index (κ2) is 5.24. The number of nitrogens with zero attached hydrogens (tertiary/aromatic N) is 1. The molecule has 0 bridgehead atoms. The Morgan fingerprint density at radius 1 is 1.44 bits per heavy atom. The Hall–Kier alpha value is -1.14. The van der Waals surface area contributed by atoms with Gasteiger partial charge in [-0.25, -0.2) is 4.79 Å². The SMILES string of the molecule is CO[C@H]1C[C@@H](C(=O)O)N(C(=O)[C@@H](N)C(C)(C)C)C1. The van der Waals surface area contributed by atoms with E-state index in [4.69, 9.17) is 15.6 Å². The van der Waals surface area contributed by atoms with Crippen LogP contribution in [0, 0.1) is 5.41 Å². The molecule has 1 saturated heterocycles. The molecular weight excluding hydrogens is 236 g/mol. The lowest BCUT2D eigenvalue weighted by molar-refractivity contribution is -0.149. The Labute approximate surface area is 107 Å². The van der Waals surface area contributed by atoms with Crippen molar-refractivity contribution in [3.8, 4) is 0 Å². The van der Waals surface area contributed by atoms with Crippen LogP contribution in [0.4, 0.5) is 0 Å². The third-order valence-corrected chi connectivity index (χ3v) is 3.36. The Kier molecular flexibility index (Phi) is 4.34. The van der Waals surface area contributed by atoms with Gasteiger partial charge < -0.3 is 20.5 Å². The predicted octanol–water partition coefficient (Wildman–Crippen LogP) is 0.0603. The summed E-state index contributed by atoms with van der Waals surface area (Å²) >= 11 is 0. The van der Waals surface area contributed by atoms with E-state index in [0.717, 1.165) is 0 Å². The normalized spacial score (nSPS) is 26.2. The number of amides is 1. The van der Waals surface area contributed by atoms with Crippen LogP contribution in [0.15, 0.2) is 0 Å². The largest absolute Gasteiger partial charge is 0.480 e. The highest BCUT2D eigenvalue weighted by atomic mass is 16.5. The molecular formula is C12H22N2O4. The predicted molar refractivity (Wildman–Crippen MR) is 66.0 cm³/mol. The van der Waals surface area contributed by atoms with Gasteiger partial charge in [0.15, 0.2) is 0 Å². The topological polar surface area (TPSA) is 92.9 Å². The minimum atomic E-state index is -1.01. The molecule has 6 nitrogen and oxygen atoms in total. The van der Waals surface area contributed by atoms with Crippen LogP contribution < -0.4 is 5.73 Å². The number of nitrogens with two attached hydrogens (primary N) is 1. The first kappa shape index (κ1) is 14.9. The lowest BCUT2D eigenvalue weighted by atomic mass is 9.86. The van der Waals surface area contributed by atoms with Crippen LogP contribution in [-0.4, -0.2) is 53.7 Å². The van der Waals surface area contributed by atoms with Gasteiger partial charge in [0.25, 0.3) is 0 Å². The Morgan fingerprint density at radius 2 is 2.00 bits per heavy atom. The van der Waals surface area contributed by atoms with Gasteiger partial charge in [-0.15, -0.1) is 0 Å². The third-order valence-electron chi connectivity index (χ3n) is 3.36. The van der Waals surface area contributed by atoms with Gasteiger partial charge in [-0.3, -0.25) is 4.79 Å². The molecule has 104 valence electrons. The quantitative estimate of drug-likeness (QED) is 0.746. The molecule has 1 amide bonds. The van der Waals surface area contributed by atoms with E-state index < -0.39 is 23.5 Å². The van der Waals surface area contributed by atoms with Crippen molar-refractivity contribution in [3.63, 3.8) is 0 Å². The molecule has 18 heavy (non-hydrogen) atoms. The van der Waals surface area contributed by atoms with Crippen LogP contribution in [0.1, 0.15) is 27.2 Å². The van der Waals surface area contributed by atoms with E-state index in [1.807, 2.05) is 20.8 Å². The van der Waals surface area contributed by atoms with Crippen molar-refractivity contribution in [2.24, 2.45) is 11.1 Å². The first-order valence-corrected chi connectivity index (χ1v) is 6.00. The number of ether oxygens (including phenoxy) is 1. The molecule has 1 aliphatic rings. The molecule has 3 atom stereocenters. The molecule has 0 spiro atoms. The Morgan fingerprint density at radius 3 is 2.39 bits per heavy atom. The number of methoxy groups -OCH3 is 1. The van der Waals surface area contributed by atoms with E-state index in [-0.39, 0.29) is 18.6 Å². The lowest BCUT2D eigenvalue weighted by Crippen LogP contribution is -2.53. The zero-order valence-corrected chi connectivity index (χ0v) is 11.3. The fraction of sp³-hybridized carbons (Fsp3) is 0.833. The van der Waals surface area contributed by atoms with Crippen molar-refractivity contribution in [1.82, 2.24) is 4.90 Å². The molecule has 1 fully saturated rings. The van der Waals surface area contributed by atoms with Crippen molar-refractivity contribution in [2.75, 3.05) is 13.7 Å². The third kappa shape index (κ3) is 3.00. The van der Waals surface area contributed by atoms with E-state index in [2.05, 4.69) is 0 Å². The van der Waals surface area contributed by atoms with Crippen molar-refractivity contribution in [2.45, 2.75) is 45.4 Å². The maximum absolute atomic E-state index is 12.3. The summed E-state index contributed by atoms with van der Waals surface area (Å²) in [6, 6.07) is -1.55. The molecule has 1 aliphatic heterocycles. The monoisotopic (exact) mass is 258 g/mol. The smallest absolute Gasteiger partial charge is 0.326 e. The van der Waals surface area contributed by atoms with E-state index >= 15 is 0 Å². The van der Waals surface area contributed by atoms with Crippen LogP contribution in [0.3, 0.4) is 0 Å². The molecule has 6 heteroatoms. The summed E-state index contributed by atoms with van der Waals surface area (Å²) in [7, 11) is 1.52. The number of likely N-dealkylation sites (tertiary alicyclic amines) is 1. The van der Waals surface area contributed by atoms with E-state index in [9.17, 15) is 9.59 Å². The van der Waals surface area contributed by atoms with Gasteiger partial charge in [-0.2, -0.15) is 0 Å². The standard InChI is InChI=1S/C12H22N2O4/c1-12(2,3)9(13)10(15)14-6-7(18-4)5-8(14)11(16)17/h7-9H,5-6,13H2,1-4H3,(H,16,17)/t7-,8-,9+/m0/s1. The highest BCUT2D eigenvalue weighted by molar-refractivity contribution is 5.88. The molecule has 0 unspecified atom stereocenters. The van der Waals surface area contributed by atoms with Crippen molar-refractivity contribution in [1.29, 1.82) is 0 Å². The Bertz CT molecular complexity index is 337. The Balaban J connectivity index is 2.86. The lowest BCUT2D eigenvalue weighted by Gasteiger charge is -2.31. The van der Waals surface area contributed by atoms with Gasteiger partial charge >= 0.3 is 5.97 Å². The van der Waals surface area contributed by atoms with E-state index in [0.29, 0.717) is 6.42 Å². The number of hydrogen-bond acceptors (Lipinski definition) is 4. The number of rotatable bonds is 3. The minimum Gasteiger partial charge on any atom is -0.480 e. The van der Waals surface area contributed by atoms with Crippen molar-refractivity contribution in [3.05, 3.63) is 0 Å². The summed E-state index contributed by atoms with van der Waals surface area (Å²) < 4.78 is 5.14. The highest BCUT2D eigenvalue weighted by Crippen LogP contribution is 2.25. The molecule has 0 aromatic rings. The molecule has 0 aliphatic carbocycles. The first-order chi connectivity index (χ1) is 8.18.